The van der Waals surface area contributed by atoms with Crippen LogP contribution in [0.4, 0.5) is 5.82 Å². The summed E-state index contributed by atoms with van der Waals surface area (Å²) < 4.78 is 0. The number of amides is 1. The molecule has 3 rings (SSSR count). The third-order valence-electron chi connectivity index (χ3n) is 4.12. The number of hydrogen-bond donors (Lipinski definition) is 3. The van der Waals surface area contributed by atoms with E-state index in [4.69, 9.17) is 11.5 Å². The minimum Gasteiger partial charge on any atom is -0.392 e. The number of primary amides is 1. The number of aromatic nitrogens is 1. The normalized spacial score (nSPS) is 18.2. The number of nitrogens with zero attached hydrogens (tertiary/aromatic N) is 2. The Morgan fingerprint density at radius 3 is 2.65 bits per heavy atom. The molecule has 6 nitrogen and oxygen atoms in total. The molecular weight excluding hydrogens is 292 g/mol. The van der Waals surface area contributed by atoms with E-state index < -0.39 is 5.91 Å². The summed E-state index contributed by atoms with van der Waals surface area (Å²) in [6, 6.07) is 9.72. The summed E-state index contributed by atoms with van der Waals surface area (Å²) in [5.74, 6) is -0.438. The van der Waals surface area contributed by atoms with Crippen LogP contribution in [0.5, 0.6) is 0 Å². The Bertz CT molecular complexity index is 715. The first kappa shape index (κ1) is 15.5. The number of anilines is 1. The Balaban J connectivity index is 1.77. The zero-order chi connectivity index (χ0) is 16.4. The molecule has 0 spiro atoms. The second-order valence-corrected chi connectivity index (χ2v) is 5.90. The lowest BCUT2D eigenvalue weighted by Crippen LogP contribution is -2.21. The van der Waals surface area contributed by atoms with Crippen molar-refractivity contribution in [3.63, 3.8) is 0 Å². The van der Waals surface area contributed by atoms with Crippen LogP contribution in [0.25, 0.3) is 11.1 Å². The van der Waals surface area contributed by atoms with Gasteiger partial charge in [-0.05, 0) is 23.6 Å². The SMILES string of the molecule is NC(=O)c1cc(-c2ccc(CN3CC[C@@H](O)C3)cc2)cnc1N. The van der Waals surface area contributed by atoms with E-state index in [-0.39, 0.29) is 17.5 Å². The van der Waals surface area contributed by atoms with E-state index >= 15 is 0 Å². The molecule has 2 aromatic rings. The number of β-amino-alcohol motifs (C(OH)–C–C–N with tert-alkyl or cyclic N) is 1. The van der Waals surface area contributed by atoms with Crippen LogP contribution in [0.3, 0.4) is 0 Å². The third-order valence-corrected chi connectivity index (χ3v) is 4.12. The molecule has 1 aromatic carbocycles. The van der Waals surface area contributed by atoms with Crippen LogP contribution >= 0.6 is 0 Å². The summed E-state index contributed by atoms with van der Waals surface area (Å²) in [6.45, 7) is 2.47. The fourth-order valence-corrected chi connectivity index (χ4v) is 2.85. The van der Waals surface area contributed by atoms with E-state index in [2.05, 4.69) is 9.88 Å². The zero-order valence-electron chi connectivity index (χ0n) is 12.8. The molecule has 1 saturated heterocycles. The Kier molecular flexibility index (Phi) is 4.27. The van der Waals surface area contributed by atoms with Crippen LogP contribution in [-0.2, 0) is 6.54 Å². The van der Waals surface area contributed by atoms with Crippen molar-refractivity contribution in [2.75, 3.05) is 18.8 Å². The Labute approximate surface area is 134 Å². The first-order valence-corrected chi connectivity index (χ1v) is 7.58. The van der Waals surface area contributed by atoms with Gasteiger partial charge >= 0.3 is 0 Å². The first-order chi connectivity index (χ1) is 11.0. The summed E-state index contributed by atoms with van der Waals surface area (Å²) in [7, 11) is 0. The molecule has 6 heteroatoms. The predicted molar refractivity (Wildman–Crippen MR) is 88.5 cm³/mol. The van der Waals surface area contributed by atoms with Crippen molar-refractivity contribution >= 4 is 11.7 Å². The molecule has 1 aromatic heterocycles. The smallest absolute Gasteiger partial charge is 0.252 e. The minimum absolute atomic E-state index is 0.144. The number of pyridine rings is 1. The molecule has 0 radical (unpaired) electrons. The number of likely N-dealkylation sites (tertiary alicyclic amines) is 1. The molecule has 0 unspecified atom stereocenters. The number of aliphatic hydroxyl groups excluding tert-OH is 1. The van der Waals surface area contributed by atoms with Crippen molar-refractivity contribution < 1.29 is 9.90 Å². The van der Waals surface area contributed by atoms with Crippen molar-refractivity contribution in [1.82, 2.24) is 9.88 Å². The summed E-state index contributed by atoms with van der Waals surface area (Å²) in [5, 5.41) is 9.57. The molecule has 1 aliphatic heterocycles. The van der Waals surface area contributed by atoms with Gasteiger partial charge in [0.2, 0.25) is 0 Å². The maximum absolute atomic E-state index is 11.4. The van der Waals surface area contributed by atoms with Crippen molar-refractivity contribution in [2.24, 2.45) is 5.73 Å². The number of nitrogens with two attached hydrogens (primary N) is 2. The topological polar surface area (TPSA) is 105 Å². The maximum Gasteiger partial charge on any atom is 0.252 e. The lowest BCUT2D eigenvalue weighted by atomic mass is 10.0. The van der Waals surface area contributed by atoms with Gasteiger partial charge in [-0.25, -0.2) is 4.98 Å². The highest BCUT2D eigenvalue weighted by molar-refractivity contribution is 5.98. The van der Waals surface area contributed by atoms with E-state index in [0.29, 0.717) is 0 Å². The van der Waals surface area contributed by atoms with Gasteiger partial charge < -0.3 is 16.6 Å². The molecule has 0 bridgehead atoms. The Morgan fingerprint density at radius 1 is 1.30 bits per heavy atom. The highest BCUT2D eigenvalue weighted by Crippen LogP contribution is 2.23. The largest absolute Gasteiger partial charge is 0.392 e. The highest BCUT2D eigenvalue weighted by atomic mass is 16.3. The van der Waals surface area contributed by atoms with E-state index in [1.54, 1.807) is 12.3 Å². The van der Waals surface area contributed by atoms with Gasteiger partial charge in [-0.3, -0.25) is 9.69 Å². The van der Waals surface area contributed by atoms with E-state index in [1.165, 1.54) is 5.56 Å². The summed E-state index contributed by atoms with van der Waals surface area (Å²) in [4.78, 5) is 17.6. The lowest BCUT2D eigenvalue weighted by molar-refractivity contribution is 0.100. The summed E-state index contributed by atoms with van der Waals surface area (Å²) >= 11 is 0. The van der Waals surface area contributed by atoms with Crippen LogP contribution in [0.2, 0.25) is 0 Å². The standard InChI is InChI=1S/C17H20N4O2/c18-16-15(17(19)23)7-13(8-20-16)12-3-1-11(2-4-12)9-21-6-5-14(22)10-21/h1-4,7-8,14,22H,5-6,9-10H2,(H2,18,20)(H2,19,23)/t14-/m1/s1. The summed E-state index contributed by atoms with van der Waals surface area (Å²) in [5.41, 5.74) is 14.1. The first-order valence-electron chi connectivity index (χ1n) is 7.58. The lowest BCUT2D eigenvalue weighted by Gasteiger charge is -2.15. The number of nitrogen functional groups attached to an aromatic ring is 1. The monoisotopic (exact) mass is 312 g/mol. The van der Waals surface area contributed by atoms with Gasteiger partial charge in [0.15, 0.2) is 0 Å². The molecule has 1 atom stereocenters. The fraction of sp³-hybridized carbons (Fsp3) is 0.294. The van der Waals surface area contributed by atoms with E-state index in [1.807, 2.05) is 24.3 Å². The Hall–Kier alpha value is -2.44. The molecule has 23 heavy (non-hydrogen) atoms. The summed E-state index contributed by atoms with van der Waals surface area (Å²) in [6.07, 6.45) is 2.26. The number of carbonyl (C=O) groups is 1. The number of rotatable bonds is 4. The number of carbonyl (C=O) groups excluding carboxylic acids is 1. The molecule has 2 heterocycles. The molecular formula is C17H20N4O2. The quantitative estimate of drug-likeness (QED) is 0.781. The van der Waals surface area contributed by atoms with Crippen molar-refractivity contribution in [3.8, 4) is 11.1 Å². The van der Waals surface area contributed by atoms with Crippen LogP contribution in [0.1, 0.15) is 22.3 Å². The fourth-order valence-electron chi connectivity index (χ4n) is 2.85. The van der Waals surface area contributed by atoms with Crippen molar-refractivity contribution in [2.45, 2.75) is 19.1 Å². The van der Waals surface area contributed by atoms with Gasteiger partial charge in [-0.1, -0.05) is 24.3 Å². The van der Waals surface area contributed by atoms with Crippen LogP contribution in [-0.4, -0.2) is 40.1 Å². The number of benzene rings is 1. The van der Waals surface area contributed by atoms with Crippen LogP contribution in [0, 0.1) is 0 Å². The molecule has 1 amide bonds. The van der Waals surface area contributed by atoms with Gasteiger partial charge in [0.1, 0.15) is 5.82 Å². The van der Waals surface area contributed by atoms with E-state index in [0.717, 1.165) is 37.2 Å². The van der Waals surface area contributed by atoms with Gasteiger partial charge in [0.05, 0.1) is 11.7 Å². The molecule has 5 N–H and O–H groups in total. The van der Waals surface area contributed by atoms with Crippen LogP contribution < -0.4 is 11.5 Å². The van der Waals surface area contributed by atoms with E-state index in [9.17, 15) is 9.90 Å². The Morgan fingerprint density at radius 2 is 2.04 bits per heavy atom. The second kappa shape index (κ2) is 6.36. The molecule has 0 aliphatic carbocycles. The van der Waals surface area contributed by atoms with Gasteiger partial charge in [-0.15, -0.1) is 0 Å². The second-order valence-electron chi connectivity index (χ2n) is 5.90. The molecule has 0 saturated carbocycles. The van der Waals surface area contributed by atoms with Gasteiger partial charge in [-0.2, -0.15) is 0 Å². The number of hydrogen-bond acceptors (Lipinski definition) is 5. The molecule has 120 valence electrons. The molecule has 1 fully saturated rings. The molecule has 1 aliphatic rings. The van der Waals surface area contributed by atoms with Crippen molar-refractivity contribution in [3.05, 3.63) is 47.7 Å². The maximum atomic E-state index is 11.4. The third kappa shape index (κ3) is 3.49. The minimum atomic E-state index is -0.582. The van der Waals surface area contributed by atoms with Gasteiger partial charge in [0.25, 0.3) is 5.91 Å². The average Bonchev–Trinajstić information content (AvgIpc) is 2.93. The number of aliphatic hydroxyl groups is 1. The highest BCUT2D eigenvalue weighted by Gasteiger charge is 2.19. The zero-order valence-corrected chi connectivity index (χ0v) is 12.8. The average molecular weight is 312 g/mol. The van der Waals surface area contributed by atoms with Crippen molar-refractivity contribution in [1.29, 1.82) is 0 Å². The van der Waals surface area contributed by atoms with Gasteiger partial charge in [0, 0.05) is 31.4 Å². The van der Waals surface area contributed by atoms with Crippen LogP contribution in [0.15, 0.2) is 36.5 Å². The predicted octanol–water partition coefficient (Wildman–Crippen LogP) is 0.996.